The van der Waals surface area contributed by atoms with Crippen LogP contribution in [0.4, 0.5) is 92.2 Å². The number of ether oxygens (including phenoxy) is 1. The number of alkyl halides is 13. The van der Waals surface area contributed by atoms with Crippen molar-refractivity contribution < 1.29 is 126 Å². The van der Waals surface area contributed by atoms with Crippen molar-refractivity contribution in [1.29, 1.82) is 0 Å². The number of hydrogen-bond donors (Lipinski definition) is 2. The van der Waals surface area contributed by atoms with E-state index in [4.69, 9.17) is 10.5 Å². The van der Waals surface area contributed by atoms with Gasteiger partial charge < -0.3 is 4.74 Å². The summed E-state index contributed by atoms with van der Waals surface area (Å²) in [4.78, 5) is -3.61. The molecule has 52 heavy (non-hydrogen) atoms. The standard InChI is InChI=1S/C14H5F17O4S.C7H4F4O3S2/c15-3-5(17)8(36-35-34-32)6(18)4(16)7(3)33-2-1-9(19,20)10(21,22)11(23,24)12(25,26)13(27,28)14(29,30)31;1-15-6-2(8)4(10)7(16-14-13-12)5(11)3(6)9/h32H,1-2H2;12H,1H3. The van der Waals surface area contributed by atoms with E-state index in [9.17, 15) is 92.2 Å². The second-order valence-corrected chi connectivity index (χ2v) is 10.8. The number of halogens is 21. The molecule has 0 radical (unpaired) electrons. The lowest BCUT2D eigenvalue weighted by Crippen LogP contribution is -2.70. The molecule has 300 valence electrons. The molecule has 0 atom stereocenters. The molecular weight excluding hydrogens is 859 g/mol. The summed E-state index contributed by atoms with van der Waals surface area (Å²) >= 11 is -0.390. The Morgan fingerprint density at radius 2 is 0.808 bits per heavy atom. The van der Waals surface area contributed by atoms with Gasteiger partial charge >= 0.3 is 35.8 Å². The van der Waals surface area contributed by atoms with E-state index < -0.39 is 128 Å². The third-order valence-electron chi connectivity index (χ3n) is 5.53. The smallest absolute Gasteiger partial charge is 0.460 e. The minimum absolute atomic E-state index is 0.190. The zero-order valence-electron chi connectivity index (χ0n) is 23.5. The first kappa shape index (κ1) is 47.6. The minimum atomic E-state index is -8.16. The predicted molar refractivity (Wildman–Crippen MR) is 127 cm³/mol. The first-order chi connectivity index (χ1) is 23.5. The highest BCUT2D eigenvalue weighted by Crippen LogP contribution is 2.60. The summed E-state index contributed by atoms with van der Waals surface area (Å²) < 4.78 is 287. The van der Waals surface area contributed by atoms with Crippen molar-refractivity contribution in [2.75, 3.05) is 12.9 Å². The maximum Gasteiger partial charge on any atom is 0.460 e. The summed E-state index contributed by atoms with van der Waals surface area (Å²) in [5.41, 5.74) is 0. The Bertz CT molecular complexity index is 1500. The molecule has 2 aromatic rings. The van der Waals surface area contributed by atoms with Crippen LogP contribution in [0.2, 0.25) is 0 Å². The zero-order chi connectivity index (χ0) is 41.0. The highest BCUT2D eigenvalue weighted by atomic mass is 32.2. The van der Waals surface area contributed by atoms with Gasteiger partial charge in [-0.1, -0.05) is 10.1 Å². The van der Waals surface area contributed by atoms with E-state index in [1.54, 1.807) is 0 Å². The molecule has 0 bridgehead atoms. The number of rotatable bonds is 15. The lowest BCUT2D eigenvalue weighted by atomic mass is 9.93. The zero-order valence-corrected chi connectivity index (χ0v) is 26.0. The Kier molecular flexibility index (Phi) is 15.9. The first-order valence-electron chi connectivity index (χ1n) is 11.6. The molecule has 2 N–H and O–H groups in total. The highest BCUT2D eigenvalue weighted by Gasteiger charge is 2.90. The van der Waals surface area contributed by atoms with Crippen LogP contribution in [0.1, 0.15) is 6.42 Å². The first-order valence-corrected chi connectivity index (χ1v) is 14.3. The van der Waals surface area contributed by atoms with E-state index in [0.717, 1.165) is 0 Å². The van der Waals surface area contributed by atoms with Crippen molar-refractivity contribution in [3.05, 3.63) is 46.5 Å². The second-order valence-electron chi connectivity index (χ2n) is 8.58. The van der Waals surface area contributed by atoms with Gasteiger partial charge in [-0.05, 0) is 6.26 Å². The molecule has 0 aliphatic carbocycles. The maximum atomic E-state index is 13.7. The Balaban J connectivity index is 0.000000701. The topological polar surface area (TPSA) is 86.6 Å². The SMILES string of the molecule is CSc1c(F)c(F)c(SOOO)c(F)c1F.OOOSc1c(F)c(F)c(OCCC(F)(F)C(F)(F)C(F)(F)C(F)(F)C(F)(F)C(F)(F)F)c(F)c1F. The van der Waals surface area contributed by atoms with Gasteiger partial charge in [-0.15, -0.1) is 20.4 Å². The van der Waals surface area contributed by atoms with Crippen LogP contribution in [0, 0.1) is 46.5 Å². The van der Waals surface area contributed by atoms with Crippen molar-refractivity contribution >= 4 is 35.8 Å². The summed E-state index contributed by atoms with van der Waals surface area (Å²) in [5, 5.41) is 21.5. The third-order valence-corrected chi connectivity index (χ3v) is 7.60. The fourth-order valence-corrected chi connectivity index (χ4v) is 4.36. The molecular formula is C21H9F21O7S3. The van der Waals surface area contributed by atoms with Gasteiger partial charge in [0.15, 0.2) is 40.7 Å². The monoisotopic (exact) mass is 868 g/mol. The van der Waals surface area contributed by atoms with Crippen LogP contribution in [-0.4, -0.2) is 59.2 Å². The molecule has 2 rings (SSSR count). The van der Waals surface area contributed by atoms with E-state index in [2.05, 4.69) is 23.5 Å². The van der Waals surface area contributed by atoms with Crippen LogP contribution in [-0.2, 0) is 18.7 Å². The molecule has 0 amide bonds. The fraction of sp³-hybridized carbons (Fsp3) is 0.429. The second kappa shape index (κ2) is 17.4. The van der Waals surface area contributed by atoms with Crippen molar-refractivity contribution in [3.8, 4) is 5.75 Å². The van der Waals surface area contributed by atoms with Crippen LogP contribution in [0.5, 0.6) is 5.75 Å². The number of benzene rings is 2. The third kappa shape index (κ3) is 8.92. The van der Waals surface area contributed by atoms with Crippen LogP contribution < -0.4 is 4.74 Å². The quantitative estimate of drug-likeness (QED) is 0.0451. The molecule has 0 fully saturated rings. The van der Waals surface area contributed by atoms with E-state index in [1.165, 1.54) is 6.26 Å². The average molecular weight is 868 g/mol. The molecule has 31 heteroatoms. The van der Waals surface area contributed by atoms with Crippen LogP contribution in [0.15, 0.2) is 14.7 Å². The molecule has 0 heterocycles. The predicted octanol–water partition coefficient (Wildman–Crippen LogP) is 10.6. The van der Waals surface area contributed by atoms with Gasteiger partial charge in [-0.25, -0.2) is 36.9 Å². The largest absolute Gasteiger partial charge is 0.487 e. The summed E-state index contributed by atoms with van der Waals surface area (Å²) in [6.45, 7) is -2.38. The van der Waals surface area contributed by atoms with Crippen molar-refractivity contribution in [3.63, 3.8) is 0 Å². The van der Waals surface area contributed by atoms with Gasteiger partial charge in [0.25, 0.3) is 0 Å². The van der Waals surface area contributed by atoms with Crippen LogP contribution in [0.3, 0.4) is 0 Å². The highest BCUT2D eigenvalue weighted by molar-refractivity contribution is 7.98. The summed E-state index contributed by atoms with van der Waals surface area (Å²) in [5.74, 6) is -57.3. The van der Waals surface area contributed by atoms with Crippen LogP contribution in [0.25, 0.3) is 0 Å². The van der Waals surface area contributed by atoms with E-state index in [1.807, 2.05) is 0 Å². The molecule has 0 saturated heterocycles. The van der Waals surface area contributed by atoms with Gasteiger partial charge in [-0.3, -0.25) is 0 Å². The van der Waals surface area contributed by atoms with Crippen molar-refractivity contribution in [2.45, 2.75) is 56.9 Å². The maximum absolute atomic E-state index is 13.7. The molecule has 0 saturated carbocycles. The molecule has 2 aromatic carbocycles. The summed E-state index contributed by atoms with van der Waals surface area (Å²) in [7, 11) is 0. The summed E-state index contributed by atoms with van der Waals surface area (Å²) in [6, 6.07) is 0. The van der Waals surface area contributed by atoms with E-state index in [-0.39, 0.29) is 12.0 Å². The Labute approximate surface area is 284 Å². The lowest BCUT2D eigenvalue weighted by Gasteiger charge is -2.39. The Morgan fingerprint density at radius 3 is 1.13 bits per heavy atom. The molecule has 0 spiro atoms. The lowest BCUT2D eigenvalue weighted by molar-refractivity contribution is -0.440. The molecule has 0 aliphatic heterocycles. The summed E-state index contributed by atoms with van der Waals surface area (Å²) in [6.07, 6.45) is -9.40. The Hall–Kier alpha value is -2.42. The van der Waals surface area contributed by atoms with Gasteiger partial charge in [0.05, 0.1) is 42.0 Å². The van der Waals surface area contributed by atoms with Gasteiger partial charge in [0.1, 0.15) is 9.79 Å². The van der Waals surface area contributed by atoms with Crippen molar-refractivity contribution in [1.82, 2.24) is 0 Å². The minimum Gasteiger partial charge on any atom is -0.487 e. The van der Waals surface area contributed by atoms with E-state index in [0.29, 0.717) is 11.8 Å². The number of thioether (sulfide) groups is 1. The normalized spacial score (nSPS) is 13.3. The Morgan fingerprint density at radius 1 is 0.481 bits per heavy atom. The number of hydrogen-bond acceptors (Lipinski definition) is 10. The van der Waals surface area contributed by atoms with Gasteiger partial charge in [0.2, 0.25) is 11.6 Å². The van der Waals surface area contributed by atoms with E-state index >= 15 is 0 Å². The molecule has 0 aromatic heterocycles. The molecule has 0 unspecified atom stereocenters. The van der Waals surface area contributed by atoms with Crippen LogP contribution >= 0.6 is 35.8 Å². The van der Waals surface area contributed by atoms with Gasteiger partial charge in [0, 0.05) is 0 Å². The molecule has 0 aliphatic rings. The van der Waals surface area contributed by atoms with Crippen molar-refractivity contribution in [2.24, 2.45) is 0 Å². The molecule has 7 nitrogen and oxygen atoms in total. The average Bonchev–Trinajstić information content (AvgIpc) is 3.04. The fourth-order valence-electron chi connectivity index (χ4n) is 2.97. The van der Waals surface area contributed by atoms with Gasteiger partial charge in [-0.2, -0.15) is 65.9 Å².